The van der Waals surface area contributed by atoms with E-state index >= 15 is 0 Å². The van der Waals surface area contributed by atoms with E-state index in [1.54, 1.807) is 19.1 Å². The van der Waals surface area contributed by atoms with Gasteiger partial charge in [0.05, 0.1) is 12.7 Å². The molecule has 3 nitrogen and oxygen atoms in total. The Kier molecular flexibility index (Phi) is 4.22. The van der Waals surface area contributed by atoms with Crippen LogP contribution in [0.15, 0.2) is 22.7 Å². The van der Waals surface area contributed by atoms with Crippen molar-refractivity contribution in [3.8, 4) is 6.07 Å². The molecule has 1 saturated heterocycles. The highest BCUT2D eigenvalue weighted by Gasteiger charge is 2.50. The van der Waals surface area contributed by atoms with E-state index in [1.807, 2.05) is 6.07 Å². The summed E-state index contributed by atoms with van der Waals surface area (Å²) in [5.74, 6) is 0. The van der Waals surface area contributed by atoms with Crippen LogP contribution in [0.5, 0.6) is 0 Å². The molecule has 0 bridgehead atoms. The molecule has 1 aliphatic heterocycles. The van der Waals surface area contributed by atoms with Gasteiger partial charge < -0.3 is 9.84 Å². The average Bonchev–Trinajstić information content (AvgIpc) is 2.39. The quantitative estimate of drug-likeness (QED) is 0.891. The van der Waals surface area contributed by atoms with Crippen molar-refractivity contribution in [3.05, 3.63) is 33.3 Å². The van der Waals surface area contributed by atoms with Crippen LogP contribution in [-0.2, 0) is 10.3 Å². The van der Waals surface area contributed by atoms with E-state index in [2.05, 4.69) is 22.0 Å². The fourth-order valence-corrected chi connectivity index (χ4v) is 3.38. The summed E-state index contributed by atoms with van der Waals surface area (Å²) in [6.45, 7) is 2.50. The summed E-state index contributed by atoms with van der Waals surface area (Å²) < 4.78 is 6.25. The molecular weight excluding hydrogens is 330 g/mol. The number of halogens is 2. The van der Waals surface area contributed by atoms with Gasteiger partial charge in [0, 0.05) is 21.7 Å². The predicted octanol–water partition coefficient (Wildman–Crippen LogP) is 3.63. The molecule has 1 aliphatic rings. The number of rotatable bonds is 2. The summed E-state index contributed by atoms with van der Waals surface area (Å²) in [7, 11) is 0. The normalized spacial score (nSPS) is 26.5. The minimum atomic E-state index is -1.35. The first kappa shape index (κ1) is 14.8. The molecule has 1 aromatic carbocycles. The van der Waals surface area contributed by atoms with E-state index in [4.69, 9.17) is 16.3 Å². The lowest BCUT2D eigenvalue weighted by atomic mass is 9.67. The molecule has 0 aliphatic carbocycles. The highest BCUT2D eigenvalue weighted by atomic mass is 79.9. The van der Waals surface area contributed by atoms with Crippen molar-refractivity contribution in [1.29, 1.82) is 5.26 Å². The third kappa shape index (κ3) is 2.53. The van der Waals surface area contributed by atoms with Crippen LogP contribution in [-0.4, -0.2) is 18.3 Å². The van der Waals surface area contributed by atoms with Crippen molar-refractivity contribution in [3.63, 3.8) is 0 Å². The minimum absolute atomic E-state index is 0.225. The maximum atomic E-state index is 10.9. The van der Waals surface area contributed by atoms with Gasteiger partial charge in [0.2, 0.25) is 0 Å². The van der Waals surface area contributed by atoms with Crippen molar-refractivity contribution in [2.75, 3.05) is 13.2 Å². The molecule has 0 radical (unpaired) electrons. The largest absolute Gasteiger partial charge is 0.384 e. The highest BCUT2D eigenvalue weighted by molar-refractivity contribution is 9.10. The molecule has 2 rings (SSSR count). The number of benzene rings is 1. The smallest absolute Gasteiger partial charge is 0.113 e. The van der Waals surface area contributed by atoms with Gasteiger partial charge in [-0.1, -0.05) is 33.6 Å². The van der Waals surface area contributed by atoms with Crippen molar-refractivity contribution in [2.45, 2.75) is 25.4 Å². The molecule has 0 spiro atoms. The summed E-state index contributed by atoms with van der Waals surface area (Å²) in [6.07, 6.45) is 1.36. The lowest BCUT2D eigenvalue weighted by Gasteiger charge is -2.43. The Labute approximate surface area is 126 Å². The number of nitriles is 1. The first-order valence-electron chi connectivity index (χ1n) is 6.10. The number of hydrogen-bond donors (Lipinski definition) is 1. The molecular formula is C14H15BrClNO2. The Bertz CT molecular complexity index is 519. The van der Waals surface area contributed by atoms with Crippen LogP contribution in [0.4, 0.5) is 0 Å². The summed E-state index contributed by atoms with van der Waals surface area (Å²) in [5, 5.41) is 20.9. The second kappa shape index (κ2) is 5.41. The van der Waals surface area contributed by atoms with E-state index in [9.17, 15) is 10.4 Å². The van der Waals surface area contributed by atoms with Gasteiger partial charge in [0.15, 0.2) is 0 Å². The minimum Gasteiger partial charge on any atom is -0.384 e. The Balaban J connectivity index is 2.48. The molecule has 1 aromatic rings. The third-order valence-electron chi connectivity index (χ3n) is 3.84. The molecule has 2 unspecified atom stereocenters. The van der Waals surface area contributed by atoms with Crippen molar-refractivity contribution in [1.82, 2.24) is 0 Å². The van der Waals surface area contributed by atoms with E-state index in [-0.39, 0.29) is 6.61 Å². The number of hydrogen-bond acceptors (Lipinski definition) is 3. The number of nitrogens with zero attached hydrogens (tertiary/aromatic N) is 1. The zero-order chi connectivity index (χ0) is 14.1. The van der Waals surface area contributed by atoms with Crippen LogP contribution in [0.3, 0.4) is 0 Å². The first-order chi connectivity index (χ1) is 8.93. The molecule has 1 N–H and O–H groups in total. The highest BCUT2D eigenvalue weighted by Crippen LogP contribution is 2.47. The number of ether oxygens (including phenoxy) is 1. The summed E-state index contributed by atoms with van der Waals surface area (Å²) >= 11 is 9.55. The van der Waals surface area contributed by atoms with Gasteiger partial charge in [-0.05, 0) is 31.9 Å². The molecule has 1 heterocycles. The molecule has 5 heteroatoms. The standard InChI is InChI=1S/C14H15BrClNO2/c1-13(18,11-4-3-10(15)7-12(11)16)14(8-17)5-2-6-19-9-14/h3-4,7,18H,2,5-6,9H2,1H3. The summed E-state index contributed by atoms with van der Waals surface area (Å²) in [6, 6.07) is 7.54. The Morgan fingerprint density at radius 2 is 2.32 bits per heavy atom. The van der Waals surface area contributed by atoms with Crippen LogP contribution in [0.25, 0.3) is 0 Å². The van der Waals surface area contributed by atoms with Gasteiger partial charge in [-0.25, -0.2) is 0 Å². The zero-order valence-corrected chi connectivity index (χ0v) is 13.0. The molecule has 2 atom stereocenters. The topological polar surface area (TPSA) is 53.2 Å². The van der Waals surface area contributed by atoms with Crippen LogP contribution in [0.2, 0.25) is 5.02 Å². The van der Waals surface area contributed by atoms with Gasteiger partial charge in [0.25, 0.3) is 0 Å². The Morgan fingerprint density at radius 3 is 2.84 bits per heavy atom. The van der Waals surface area contributed by atoms with E-state index in [0.29, 0.717) is 23.6 Å². The first-order valence-corrected chi connectivity index (χ1v) is 7.27. The van der Waals surface area contributed by atoms with Gasteiger partial charge >= 0.3 is 0 Å². The summed E-state index contributed by atoms with van der Waals surface area (Å²) in [4.78, 5) is 0. The average molecular weight is 345 g/mol. The monoisotopic (exact) mass is 343 g/mol. The molecule has 102 valence electrons. The molecule has 0 amide bonds. The zero-order valence-electron chi connectivity index (χ0n) is 10.6. The van der Waals surface area contributed by atoms with Crippen LogP contribution in [0, 0.1) is 16.7 Å². The SMILES string of the molecule is CC(O)(c1ccc(Br)cc1Cl)C1(C#N)CCCOC1. The van der Waals surface area contributed by atoms with Crippen molar-refractivity contribution < 1.29 is 9.84 Å². The second-order valence-electron chi connectivity index (χ2n) is 5.05. The maximum Gasteiger partial charge on any atom is 0.113 e. The van der Waals surface area contributed by atoms with Crippen LogP contribution in [0.1, 0.15) is 25.3 Å². The van der Waals surface area contributed by atoms with Crippen molar-refractivity contribution in [2.24, 2.45) is 5.41 Å². The van der Waals surface area contributed by atoms with Gasteiger partial charge in [-0.2, -0.15) is 5.26 Å². The van der Waals surface area contributed by atoms with E-state index < -0.39 is 11.0 Å². The lowest BCUT2D eigenvalue weighted by Crippen LogP contribution is -2.48. The van der Waals surface area contributed by atoms with Crippen LogP contribution < -0.4 is 0 Å². The predicted molar refractivity (Wildman–Crippen MR) is 76.8 cm³/mol. The summed E-state index contributed by atoms with van der Waals surface area (Å²) in [5.41, 5.74) is -1.74. The maximum absolute atomic E-state index is 10.9. The lowest BCUT2D eigenvalue weighted by molar-refractivity contribution is -0.113. The van der Waals surface area contributed by atoms with Gasteiger partial charge in [0.1, 0.15) is 11.0 Å². The molecule has 0 aromatic heterocycles. The van der Waals surface area contributed by atoms with E-state index in [0.717, 1.165) is 10.9 Å². The van der Waals surface area contributed by atoms with Crippen molar-refractivity contribution >= 4 is 27.5 Å². The third-order valence-corrected chi connectivity index (χ3v) is 4.65. The van der Waals surface area contributed by atoms with E-state index in [1.165, 1.54) is 0 Å². The van der Waals surface area contributed by atoms with Gasteiger partial charge in [-0.15, -0.1) is 0 Å². The number of aliphatic hydroxyl groups is 1. The molecule has 1 fully saturated rings. The fraction of sp³-hybridized carbons (Fsp3) is 0.500. The van der Waals surface area contributed by atoms with Crippen LogP contribution >= 0.6 is 27.5 Å². The Morgan fingerprint density at radius 1 is 1.58 bits per heavy atom. The Hall–Kier alpha value is -0.600. The van der Waals surface area contributed by atoms with Gasteiger partial charge in [-0.3, -0.25) is 0 Å². The fourth-order valence-electron chi connectivity index (χ4n) is 2.52. The molecule has 19 heavy (non-hydrogen) atoms. The molecule has 0 saturated carbocycles. The second-order valence-corrected chi connectivity index (χ2v) is 6.37.